The Balaban J connectivity index is 2.20. The molecule has 0 aromatic heterocycles. The van der Waals surface area contributed by atoms with Gasteiger partial charge in [-0.15, -0.1) is 0 Å². The van der Waals surface area contributed by atoms with Crippen molar-refractivity contribution in [2.24, 2.45) is 22.7 Å². The maximum absolute atomic E-state index is 13.2. The van der Waals surface area contributed by atoms with Crippen molar-refractivity contribution in [1.29, 1.82) is 0 Å². The van der Waals surface area contributed by atoms with E-state index in [1.54, 1.807) is 0 Å². The predicted octanol–water partition coefficient (Wildman–Crippen LogP) is 2.07. The predicted molar refractivity (Wildman–Crippen MR) is 98.6 cm³/mol. The molecule has 1 aliphatic carbocycles. The van der Waals surface area contributed by atoms with E-state index in [1.165, 1.54) is 4.90 Å². The van der Waals surface area contributed by atoms with E-state index in [-0.39, 0.29) is 23.2 Å². The van der Waals surface area contributed by atoms with Gasteiger partial charge in [0.2, 0.25) is 5.91 Å². The number of urea groups is 1. The van der Waals surface area contributed by atoms with Crippen LogP contribution in [0.25, 0.3) is 0 Å². The molecular weight excluding hydrogens is 336 g/mol. The number of fused-ring (bicyclic) bond motifs is 1. The second-order valence-electron chi connectivity index (χ2n) is 10.4. The number of likely N-dealkylation sites (tertiary alicyclic amines) is 1. The van der Waals surface area contributed by atoms with Gasteiger partial charge in [0.1, 0.15) is 12.1 Å². The SMILES string of the molecule is CC(C)(C)N[13C](=O)N[C@H]([13C](=O)N1C[C@H]2[C@@H]([C@H]1C(=O)O)C2(C)C)C(C)(C)C. The van der Waals surface area contributed by atoms with Gasteiger partial charge in [-0.3, -0.25) is 4.79 Å². The molecule has 7 nitrogen and oxygen atoms in total. The summed E-state index contributed by atoms with van der Waals surface area (Å²) in [6.07, 6.45) is 0. The number of rotatable bonds is 3. The Hall–Kier alpha value is -1.79. The van der Waals surface area contributed by atoms with Gasteiger partial charge in [-0.25, -0.2) is 9.59 Å². The molecule has 0 bridgehead atoms. The monoisotopic (exact) mass is 369 g/mol. The van der Waals surface area contributed by atoms with E-state index in [2.05, 4.69) is 24.5 Å². The van der Waals surface area contributed by atoms with Crippen LogP contribution in [-0.4, -0.2) is 52.1 Å². The lowest BCUT2D eigenvalue weighted by Gasteiger charge is -2.37. The second kappa shape index (κ2) is 6.13. The molecular formula is C19H33N3O4. The van der Waals surface area contributed by atoms with Gasteiger partial charge in [-0.2, -0.15) is 0 Å². The van der Waals surface area contributed by atoms with Gasteiger partial charge in [0, 0.05) is 18.0 Å². The summed E-state index contributed by atoms with van der Waals surface area (Å²) < 4.78 is 0. The Morgan fingerprint density at radius 1 is 1.12 bits per heavy atom. The zero-order valence-electron chi connectivity index (χ0n) is 17.1. The van der Waals surface area contributed by atoms with Gasteiger partial charge in [0.05, 0.1) is 0 Å². The number of carboxylic acids is 1. The van der Waals surface area contributed by atoms with Crippen LogP contribution in [0.5, 0.6) is 0 Å². The van der Waals surface area contributed by atoms with Crippen molar-refractivity contribution in [3.63, 3.8) is 0 Å². The number of carbonyl (C=O) groups is 3. The van der Waals surface area contributed by atoms with Gasteiger partial charge < -0.3 is 20.6 Å². The number of nitrogens with one attached hydrogen (secondary N) is 2. The first-order valence-electron chi connectivity index (χ1n) is 9.19. The van der Waals surface area contributed by atoms with E-state index in [4.69, 9.17) is 0 Å². The number of nitrogens with zero attached hydrogens (tertiary/aromatic N) is 1. The summed E-state index contributed by atoms with van der Waals surface area (Å²) in [4.78, 5) is 38.8. The van der Waals surface area contributed by atoms with Crippen molar-refractivity contribution in [2.75, 3.05) is 6.54 Å². The standard InChI is InChI=1S/C19H33N3O4/c1-17(2,3)13(20-16(26)21-18(4,5)6)14(23)22-9-10-11(19(10,7)8)12(22)15(24)25/h10-13H,9H2,1-8H3,(H,24,25)(H2,20,21,26)/t10-,11-,12-,13+/m0/s1/i14+1,16+1. The highest BCUT2D eigenvalue weighted by Crippen LogP contribution is 2.64. The van der Waals surface area contributed by atoms with Crippen LogP contribution in [0.4, 0.5) is 4.79 Å². The van der Waals surface area contributed by atoms with Crippen LogP contribution in [0.15, 0.2) is 0 Å². The lowest BCUT2D eigenvalue weighted by Crippen LogP contribution is -2.60. The summed E-state index contributed by atoms with van der Waals surface area (Å²) in [6.45, 7) is 15.7. The lowest BCUT2D eigenvalue weighted by atomic mass is 9.90. The molecule has 0 unspecified atom stereocenters. The summed E-state index contributed by atoms with van der Waals surface area (Å²) >= 11 is 0. The average molecular weight is 369 g/mol. The Morgan fingerprint density at radius 3 is 2.08 bits per heavy atom. The average Bonchev–Trinajstić information content (AvgIpc) is 2.81. The summed E-state index contributed by atoms with van der Waals surface area (Å²) in [7, 11) is 0. The summed E-state index contributed by atoms with van der Waals surface area (Å²) in [5.41, 5.74) is -1.02. The van der Waals surface area contributed by atoms with E-state index >= 15 is 0 Å². The number of hydrogen-bond acceptors (Lipinski definition) is 3. The number of carboxylic acid groups (broad SMARTS) is 1. The van der Waals surface area contributed by atoms with Crippen LogP contribution in [0, 0.1) is 22.7 Å². The minimum atomic E-state index is -0.969. The van der Waals surface area contributed by atoms with E-state index in [0.717, 1.165) is 0 Å². The molecule has 3 amide bonds. The summed E-state index contributed by atoms with van der Waals surface area (Å²) in [5.74, 6) is -1.11. The zero-order chi connectivity index (χ0) is 20.2. The van der Waals surface area contributed by atoms with Crippen LogP contribution in [0.2, 0.25) is 0 Å². The zero-order valence-corrected chi connectivity index (χ0v) is 17.1. The van der Waals surface area contributed by atoms with Crippen LogP contribution < -0.4 is 10.6 Å². The number of amides is 3. The molecule has 0 spiro atoms. The quantitative estimate of drug-likeness (QED) is 0.663. The van der Waals surface area contributed by atoms with Crippen LogP contribution >= 0.6 is 0 Å². The van der Waals surface area contributed by atoms with Crippen LogP contribution in [-0.2, 0) is 9.59 Å². The molecule has 3 N–H and O–H groups in total. The molecule has 1 heterocycles. The molecule has 1 saturated carbocycles. The van der Waals surface area contributed by atoms with E-state index in [1.807, 2.05) is 41.5 Å². The third-order valence-corrected chi connectivity index (χ3v) is 5.62. The fraction of sp³-hybridized carbons (Fsp3) is 0.842. The van der Waals surface area contributed by atoms with Crippen molar-refractivity contribution in [3.05, 3.63) is 0 Å². The van der Waals surface area contributed by atoms with Crippen LogP contribution in [0.3, 0.4) is 0 Å². The third-order valence-electron chi connectivity index (χ3n) is 5.62. The molecule has 0 aromatic rings. The van der Waals surface area contributed by atoms with Crippen molar-refractivity contribution in [1.82, 2.24) is 15.5 Å². The molecule has 0 radical (unpaired) electrons. The summed E-state index contributed by atoms with van der Waals surface area (Å²) in [6, 6.07) is -2.05. The molecule has 2 aliphatic rings. The summed E-state index contributed by atoms with van der Waals surface area (Å²) in [5, 5.41) is 15.2. The Bertz CT molecular complexity index is 615. The minimum Gasteiger partial charge on any atom is -0.480 e. The smallest absolute Gasteiger partial charge is 0.326 e. The normalized spacial score (nSPS) is 28.2. The third kappa shape index (κ3) is 3.81. The highest BCUT2D eigenvalue weighted by Gasteiger charge is 2.70. The Kier molecular flexibility index (Phi) is 4.84. The van der Waals surface area contributed by atoms with E-state index in [9.17, 15) is 19.5 Å². The molecule has 0 aromatic carbocycles. The molecule has 2 rings (SSSR count). The van der Waals surface area contributed by atoms with Gasteiger partial charge in [-0.05, 0) is 37.5 Å². The fourth-order valence-corrected chi connectivity index (χ4v) is 4.12. The molecule has 4 atom stereocenters. The minimum absolute atomic E-state index is 0.0204. The molecule has 1 saturated heterocycles. The van der Waals surface area contributed by atoms with E-state index < -0.39 is 35.0 Å². The molecule has 148 valence electrons. The van der Waals surface area contributed by atoms with Gasteiger partial charge >= 0.3 is 12.0 Å². The first-order valence-corrected chi connectivity index (χ1v) is 9.19. The number of aliphatic carboxylic acids is 1. The maximum Gasteiger partial charge on any atom is 0.326 e. The maximum atomic E-state index is 13.2. The largest absolute Gasteiger partial charge is 0.480 e. The lowest BCUT2D eigenvalue weighted by molar-refractivity contribution is -0.152. The Morgan fingerprint density at radius 2 is 1.65 bits per heavy atom. The van der Waals surface area contributed by atoms with Crippen molar-refractivity contribution < 1.29 is 19.5 Å². The molecule has 2 fully saturated rings. The second-order valence-corrected chi connectivity index (χ2v) is 10.4. The number of piperidine rings is 1. The van der Waals surface area contributed by atoms with Gasteiger partial charge in [0.25, 0.3) is 0 Å². The van der Waals surface area contributed by atoms with Crippen molar-refractivity contribution in [2.45, 2.75) is 73.0 Å². The molecule has 1 aliphatic heterocycles. The molecule has 7 heteroatoms. The van der Waals surface area contributed by atoms with Crippen LogP contribution in [0.1, 0.15) is 55.4 Å². The van der Waals surface area contributed by atoms with Crippen molar-refractivity contribution in [3.8, 4) is 0 Å². The fourth-order valence-electron chi connectivity index (χ4n) is 4.12. The highest BCUT2D eigenvalue weighted by molar-refractivity contribution is 5.92. The number of hydrogen-bond donors (Lipinski definition) is 3. The topological polar surface area (TPSA) is 98.7 Å². The van der Waals surface area contributed by atoms with Crippen molar-refractivity contribution >= 4 is 17.9 Å². The van der Waals surface area contributed by atoms with E-state index in [0.29, 0.717) is 6.54 Å². The van der Waals surface area contributed by atoms with Gasteiger partial charge in [-0.1, -0.05) is 34.6 Å². The van der Waals surface area contributed by atoms with Gasteiger partial charge in [0.15, 0.2) is 0 Å². The molecule has 26 heavy (non-hydrogen) atoms. The first kappa shape index (κ1) is 20.5. The first-order chi connectivity index (χ1) is 11.6. The highest BCUT2D eigenvalue weighted by atomic mass is 16.4. The number of carbonyl (C=O) groups excluding carboxylic acids is 2. The Labute approximate surface area is 155 Å².